The largest absolute Gasteiger partial charge is 0.465 e. The summed E-state index contributed by atoms with van der Waals surface area (Å²) in [5.74, 6) is 0.842. The van der Waals surface area contributed by atoms with Crippen LogP contribution < -0.4 is 11.2 Å². The highest BCUT2D eigenvalue weighted by atomic mass is 16.5. The zero-order valence-corrected chi connectivity index (χ0v) is 21.8. The molecule has 0 saturated heterocycles. The molecule has 3 aromatic carbocycles. The third-order valence-corrected chi connectivity index (χ3v) is 6.81. The molecule has 5 aromatic rings. The summed E-state index contributed by atoms with van der Waals surface area (Å²) in [4.78, 5) is 43.9. The van der Waals surface area contributed by atoms with E-state index in [0.717, 1.165) is 35.4 Å². The summed E-state index contributed by atoms with van der Waals surface area (Å²) in [5, 5.41) is 0.461. The van der Waals surface area contributed by atoms with Crippen molar-refractivity contribution in [2.24, 2.45) is 5.92 Å². The molecule has 0 atom stereocenters. The number of ether oxygens (including phenoxy) is 1. The van der Waals surface area contributed by atoms with Crippen LogP contribution in [0.5, 0.6) is 0 Å². The second kappa shape index (κ2) is 10.5. The molecule has 8 nitrogen and oxygen atoms in total. The first-order chi connectivity index (χ1) is 18.4. The number of hydrogen-bond acceptors (Lipinski definition) is 5. The number of carbonyl (C=O) groups is 1. The van der Waals surface area contributed by atoms with E-state index in [2.05, 4.69) is 18.4 Å². The van der Waals surface area contributed by atoms with Gasteiger partial charge in [-0.05, 0) is 54.3 Å². The lowest BCUT2D eigenvalue weighted by molar-refractivity contribution is 0.0600. The van der Waals surface area contributed by atoms with Gasteiger partial charge in [0.1, 0.15) is 5.82 Å². The third-order valence-electron chi connectivity index (χ3n) is 6.81. The average Bonchev–Trinajstić information content (AvgIpc) is 3.29. The molecule has 8 heteroatoms. The molecule has 38 heavy (non-hydrogen) atoms. The molecule has 0 fully saturated rings. The van der Waals surface area contributed by atoms with Gasteiger partial charge in [-0.2, -0.15) is 0 Å². The van der Waals surface area contributed by atoms with Crippen molar-refractivity contribution in [1.82, 2.24) is 18.7 Å². The Hall–Kier alpha value is -4.46. The Balaban J connectivity index is 1.61. The fourth-order valence-electron chi connectivity index (χ4n) is 4.73. The normalized spacial score (nSPS) is 11.5. The van der Waals surface area contributed by atoms with Crippen LogP contribution in [-0.4, -0.2) is 31.8 Å². The molecular formula is C30H30N4O4. The lowest BCUT2D eigenvalue weighted by Gasteiger charge is -2.16. The quantitative estimate of drug-likeness (QED) is 0.288. The molecule has 5 rings (SSSR count). The van der Waals surface area contributed by atoms with E-state index in [1.54, 1.807) is 47.0 Å². The van der Waals surface area contributed by atoms with Crippen LogP contribution >= 0.6 is 0 Å². The number of aryl methyl sites for hydroxylation is 1. The van der Waals surface area contributed by atoms with Gasteiger partial charge in [-0.25, -0.2) is 14.6 Å². The first-order valence-corrected chi connectivity index (χ1v) is 12.7. The number of methoxy groups -OCH3 is 1. The van der Waals surface area contributed by atoms with Crippen LogP contribution in [0.3, 0.4) is 0 Å². The second-order valence-corrected chi connectivity index (χ2v) is 9.82. The summed E-state index contributed by atoms with van der Waals surface area (Å²) < 4.78 is 9.82. The number of aromatic nitrogens is 4. The molecule has 0 radical (unpaired) electrons. The predicted octanol–water partition coefficient (Wildman–Crippen LogP) is 4.44. The lowest BCUT2D eigenvalue weighted by atomic mass is 10.1. The maximum atomic E-state index is 13.8. The molecule has 0 aliphatic rings. The molecule has 0 aliphatic carbocycles. The topological polar surface area (TPSA) is 88.1 Å². The standard InChI is InChI=1S/C30H30N4O4/c1-20(2)16-17-32-26-11-7-5-9-24(26)31-27(32)19-33-25-10-6-4-8-23(25)28(35)34(30(33)37)18-21-12-14-22(15-13-21)29(36)38-3/h4-15,20H,16-19H2,1-3H3. The number of nitrogens with zero attached hydrogens (tertiary/aromatic N) is 4. The number of rotatable bonds is 8. The number of para-hydroxylation sites is 3. The van der Waals surface area contributed by atoms with Crippen molar-refractivity contribution in [3.63, 3.8) is 0 Å². The predicted molar refractivity (Wildman–Crippen MR) is 148 cm³/mol. The van der Waals surface area contributed by atoms with Crippen molar-refractivity contribution in [2.45, 2.75) is 39.9 Å². The number of carbonyl (C=O) groups excluding carboxylic acids is 1. The highest BCUT2D eigenvalue weighted by Gasteiger charge is 2.18. The van der Waals surface area contributed by atoms with E-state index in [9.17, 15) is 14.4 Å². The molecule has 0 bridgehead atoms. The monoisotopic (exact) mass is 510 g/mol. The first-order valence-electron chi connectivity index (χ1n) is 12.7. The molecule has 194 valence electrons. The van der Waals surface area contributed by atoms with E-state index in [1.165, 1.54) is 11.7 Å². The molecule has 0 N–H and O–H groups in total. The Kier molecular flexibility index (Phi) is 6.96. The Labute approximate surface area is 219 Å². The van der Waals surface area contributed by atoms with Gasteiger partial charge in [0.05, 0.1) is 47.7 Å². The minimum atomic E-state index is -0.442. The van der Waals surface area contributed by atoms with Crippen LogP contribution in [0, 0.1) is 5.92 Å². The molecule has 0 unspecified atom stereocenters. The SMILES string of the molecule is COC(=O)c1ccc(Cn2c(=O)c3ccccc3n(Cc3nc4ccccc4n3CCC(C)C)c2=O)cc1. The van der Waals surface area contributed by atoms with E-state index in [0.29, 0.717) is 22.4 Å². The van der Waals surface area contributed by atoms with Crippen LogP contribution in [0.4, 0.5) is 0 Å². The van der Waals surface area contributed by atoms with Crippen molar-refractivity contribution in [2.75, 3.05) is 7.11 Å². The van der Waals surface area contributed by atoms with Gasteiger partial charge >= 0.3 is 11.7 Å². The summed E-state index contributed by atoms with van der Waals surface area (Å²) >= 11 is 0. The Morgan fingerprint density at radius 3 is 2.24 bits per heavy atom. The van der Waals surface area contributed by atoms with Crippen LogP contribution in [0.15, 0.2) is 82.4 Å². The highest BCUT2D eigenvalue weighted by Crippen LogP contribution is 2.20. The van der Waals surface area contributed by atoms with Gasteiger partial charge in [-0.3, -0.25) is 13.9 Å². The minimum absolute atomic E-state index is 0.0771. The average molecular weight is 511 g/mol. The smallest absolute Gasteiger partial charge is 0.337 e. The fourth-order valence-corrected chi connectivity index (χ4v) is 4.73. The maximum absolute atomic E-state index is 13.8. The Morgan fingerprint density at radius 2 is 1.53 bits per heavy atom. The molecule has 0 aliphatic heterocycles. The molecule has 0 amide bonds. The lowest BCUT2D eigenvalue weighted by Crippen LogP contribution is -2.40. The van der Waals surface area contributed by atoms with E-state index < -0.39 is 11.7 Å². The van der Waals surface area contributed by atoms with Gasteiger partial charge in [0.25, 0.3) is 5.56 Å². The van der Waals surface area contributed by atoms with Crippen LogP contribution in [0.25, 0.3) is 21.9 Å². The van der Waals surface area contributed by atoms with Gasteiger partial charge in [-0.15, -0.1) is 0 Å². The van der Waals surface area contributed by atoms with Gasteiger partial charge in [0.2, 0.25) is 0 Å². The maximum Gasteiger partial charge on any atom is 0.337 e. The summed E-state index contributed by atoms with van der Waals surface area (Å²) in [6.45, 7) is 5.46. The van der Waals surface area contributed by atoms with Crippen LogP contribution in [0.2, 0.25) is 0 Å². The van der Waals surface area contributed by atoms with E-state index in [-0.39, 0.29) is 18.6 Å². The summed E-state index contributed by atoms with van der Waals surface area (Å²) in [5.41, 5.74) is 2.84. The zero-order chi connectivity index (χ0) is 26.8. The van der Waals surface area contributed by atoms with Gasteiger partial charge in [0.15, 0.2) is 0 Å². The van der Waals surface area contributed by atoms with Crippen molar-refractivity contribution in [3.05, 3.63) is 111 Å². The number of benzene rings is 3. The van der Waals surface area contributed by atoms with Crippen LogP contribution in [-0.2, 0) is 24.4 Å². The van der Waals surface area contributed by atoms with Gasteiger partial charge < -0.3 is 9.30 Å². The van der Waals surface area contributed by atoms with Crippen molar-refractivity contribution in [1.29, 1.82) is 0 Å². The number of fused-ring (bicyclic) bond motifs is 2. The molecule has 2 aromatic heterocycles. The molecule has 0 spiro atoms. The first kappa shape index (κ1) is 25.2. The number of imidazole rings is 1. The Morgan fingerprint density at radius 1 is 0.842 bits per heavy atom. The molecule has 0 saturated carbocycles. The number of esters is 1. The van der Waals surface area contributed by atoms with Crippen molar-refractivity contribution >= 4 is 27.9 Å². The van der Waals surface area contributed by atoms with Crippen molar-refractivity contribution in [3.8, 4) is 0 Å². The van der Waals surface area contributed by atoms with Crippen LogP contribution in [0.1, 0.15) is 42.0 Å². The Bertz CT molecular complexity index is 1740. The molecule has 2 heterocycles. The minimum Gasteiger partial charge on any atom is -0.465 e. The highest BCUT2D eigenvalue weighted by molar-refractivity contribution is 5.89. The summed E-state index contributed by atoms with van der Waals surface area (Å²) in [6, 6.07) is 21.8. The zero-order valence-electron chi connectivity index (χ0n) is 21.8. The van der Waals surface area contributed by atoms with E-state index in [4.69, 9.17) is 9.72 Å². The summed E-state index contributed by atoms with van der Waals surface area (Å²) in [6.07, 6.45) is 0.976. The van der Waals surface area contributed by atoms with Crippen molar-refractivity contribution < 1.29 is 9.53 Å². The fraction of sp³-hybridized carbons (Fsp3) is 0.267. The van der Waals surface area contributed by atoms with Gasteiger partial charge in [0, 0.05) is 6.54 Å². The summed E-state index contributed by atoms with van der Waals surface area (Å²) in [7, 11) is 1.32. The van der Waals surface area contributed by atoms with E-state index >= 15 is 0 Å². The molecular weight excluding hydrogens is 480 g/mol. The second-order valence-electron chi connectivity index (χ2n) is 9.82. The number of hydrogen-bond donors (Lipinski definition) is 0. The third kappa shape index (κ3) is 4.77. The van der Waals surface area contributed by atoms with E-state index in [1.807, 2.05) is 30.3 Å². The van der Waals surface area contributed by atoms with Gasteiger partial charge in [-0.1, -0.05) is 50.2 Å².